The molecule has 1 saturated heterocycles. The van der Waals surface area contributed by atoms with Crippen molar-refractivity contribution in [1.82, 2.24) is 10.2 Å². The molecule has 1 aliphatic rings. The van der Waals surface area contributed by atoms with Gasteiger partial charge in [0.05, 0.1) is 6.10 Å². The van der Waals surface area contributed by atoms with E-state index < -0.39 is 0 Å². The van der Waals surface area contributed by atoms with Crippen molar-refractivity contribution in [1.29, 1.82) is 0 Å². The second-order valence-electron chi connectivity index (χ2n) is 6.51. The molecule has 0 spiro atoms. The SMILES string of the molecule is CNC(c1ccccc1)C(C(C)C)N(C)C1CCOC1C. The van der Waals surface area contributed by atoms with E-state index in [1.165, 1.54) is 5.56 Å². The van der Waals surface area contributed by atoms with Crippen LogP contribution in [0.2, 0.25) is 0 Å². The van der Waals surface area contributed by atoms with E-state index >= 15 is 0 Å². The van der Waals surface area contributed by atoms with E-state index in [2.05, 4.69) is 75.4 Å². The number of benzene rings is 1. The van der Waals surface area contributed by atoms with Crippen molar-refractivity contribution in [3.05, 3.63) is 35.9 Å². The van der Waals surface area contributed by atoms with Crippen LogP contribution in [0.3, 0.4) is 0 Å². The fraction of sp³-hybridized carbons (Fsp3) is 0.667. The molecule has 0 aliphatic carbocycles. The fourth-order valence-electron chi connectivity index (χ4n) is 3.76. The highest BCUT2D eigenvalue weighted by atomic mass is 16.5. The van der Waals surface area contributed by atoms with E-state index in [9.17, 15) is 0 Å². The molecule has 1 heterocycles. The summed E-state index contributed by atoms with van der Waals surface area (Å²) in [6.45, 7) is 7.71. The Hall–Kier alpha value is -0.900. The maximum Gasteiger partial charge on any atom is 0.0703 e. The number of likely N-dealkylation sites (N-methyl/N-ethyl adjacent to an activating group) is 2. The Morgan fingerprint density at radius 1 is 1.24 bits per heavy atom. The third-order valence-corrected chi connectivity index (χ3v) is 4.82. The number of nitrogens with one attached hydrogen (secondary N) is 1. The highest BCUT2D eigenvalue weighted by Gasteiger charge is 2.36. The van der Waals surface area contributed by atoms with Crippen molar-refractivity contribution < 1.29 is 4.74 Å². The molecule has 3 heteroatoms. The summed E-state index contributed by atoms with van der Waals surface area (Å²) in [5.41, 5.74) is 1.36. The average Bonchev–Trinajstić information content (AvgIpc) is 2.90. The Kier molecular flexibility index (Phi) is 5.80. The summed E-state index contributed by atoms with van der Waals surface area (Å²) in [4.78, 5) is 2.54. The van der Waals surface area contributed by atoms with Crippen LogP contribution in [0, 0.1) is 5.92 Å². The molecule has 1 N–H and O–H groups in total. The highest BCUT2D eigenvalue weighted by molar-refractivity contribution is 5.21. The average molecular weight is 290 g/mol. The van der Waals surface area contributed by atoms with Crippen molar-refractivity contribution in [3.63, 3.8) is 0 Å². The summed E-state index contributed by atoms with van der Waals surface area (Å²) < 4.78 is 5.77. The van der Waals surface area contributed by atoms with Gasteiger partial charge in [0, 0.05) is 24.7 Å². The van der Waals surface area contributed by atoms with Gasteiger partial charge in [-0.15, -0.1) is 0 Å². The molecule has 0 radical (unpaired) electrons. The minimum absolute atomic E-state index is 0.324. The van der Waals surface area contributed by atoms with Gasteiger partial charge < -0.3 is 10.1 Å². The summed E-state index contributed by atoms with van der Waals surface area (Å²) in [5, 5.41) is 3.54. The Labute approximate surface area is 129 Å². The lowest BCUT2D eigenvalue weighted by molar-refractivity contribution is 0.0448. The summed E-state index contributed by atoms with van der Waals surface area (Å²) in [6, 6.07) is 12.1. The van der Waals surface area contributed by atoms with Crippen LogP contribution in [0.1, 0.15) is 38.8 Å². The van der Waals surface area contributed by atoms with Crippen molar-refractivity contribution in [2.75, 3.05) is 20.7 Å². The molecular weight excluding hydrogens is 260 g/mol. The van der Waals surface area contributed by atoms with E-state index in [0.29, 0.717) is 30.1 Å². The van der Waals surface area contributed by atoms with Crippen LogP contribution in [0.25, 0.3) is 0 Å². The molecule has 1 aliphatic heterocycles. The zero-order valence-electron chi connectivity index (χ0n) is 14.0. The lowest BCUT2D eigenvalue weighted by Crippen LogP contribution is -2.51. The number of hydrogen-bond donors (Lipinski definition) is 1. The molecule has 1 aromatic carbocycles. The zero-order chi connectivity index (χ0) is 15.4. The van der Waals surface area contributed by atoms with Crippen LogP contribution >= 0.6 is 0 Å². The van der Waals surface area contributed by atoms with Crippen LogP contribution in [0.4, 0.5) is 0 Å². The van der Waals surface area contributed by atoms with E-state index in [4.69, 9.17) is 4.74 Å². The topological polar surface area (TPSA) is 24.5 Å². The van der Waals surface area contributed by atoms with E-state index in [-0.39, 0.29) is 0 Å². The molecule has 21 heavy (non-hydrogen) atoms. The van der Waals surface area contributed by atoms with Crippen LogP contribution in [0.5, 0.6) is 0 Å². The van der Waals surface area contributed by atoms with E-state index in [1.807, 2.05) is 0 Å². The standard InChI is InChI=1S/C18H30N2O/c1-13(2)18(20(5)16-11-12-21-14(16)3)17(19-4)15-9-7-6-8-10-15/h6-10,13-14,16-19H,11-12H2,1-5H3. The van der Waals surface area contributed by atoms with Gasteiger partial charge in [0.15, 0.2) is 0 Å². The van der Waals surface area contributed by atoms with Crippen molar-refractivity contribution in [3.8, 4) is 0 Å². The Balaban J connectivity index is 2.24. The van der Waals surface area contributed by atoms with Gasteiger partial charge in [-0.2, -0.15) is 0 Å². The van der Waals surface area contributed by atoms with Gasteiger partial charge in [0.2, 0.25) is 0 Å². The predicted octanol–water partition coefficient (Wildman–Crippen LogP) is 3.08. The molecule has 3 nitrogen and oxygen atoms in total. The fourth-order valence-corrected chi connectivity index (χ4v) is 3.76. The zero-order valence-corrected chi connectivity index (χ0v) is 14.0. The largest absolute Gasteiger partial charge is 0.377 e. The predicted molar refractivity (Wildman–Crippen MR) is 88.5 cm³/mol. The summed E-state index contributed by atoms with van der Waals surface area (Å²) in [6.07, 6.45) is 1.45. The van der Waals surface area contributed by atoms with E-state index in [1.54, 1.807) is 0 Å². The van der Waals surface area contributed by atoms with Gasteiger partial charge in [0.1, 0.15) is 0 Å². The number of ether oxygens (including phenoxy) is 1. The molecule has 4 atom stereocenters. The first-order chi connectivity index (χ1) is 10.1. The lowest BCUT2D eigenvalue weighted by Gasteiger charge is -2.41. The first-order valence-corrected chi connectivity index (χ1v) is 8.12. The second-order valence-corrected chi connectivity index (χ2v) is 6.51. The molecule has 0 saturated carbocycles. The van der Waals surface area contributed by atoms with Crippen LogP contribution < -0.4 is 5.32 Å². The summed E-state index contributed by atoms with van der Waals surface area (Å²) >= 11 is 0. The monoisotopic (exact) mass is 290 g/mol. The third kappa shape index (κ3) is 3.65. The van der Waals surface area contributed by atoms with Crippen molar-refractivity contribution in [2.24, 2.45) is 5.92 Å². The first kappa shape index (κ1) is 16.5. The normalized spacial score (nSPS) is 25.5. The molecule has 0 aromatic heterocycles. The second kappa shape index (κ2) is 7.39. The third-order valence-electron chi connectivity index (χ3n) is 4.82. The molecule has 118 valence electrons. The van der Waals surface area contributed by atoms with Gasteiger partial charge in [-0.25, -0.2) is 0 Å². The van der Waals surface area contributed by atoms with Crippen LogP contribution in [0.15, 0.2) is 30.3 Å². The Morgan fingerprint density at radius 2 is 1.90 bits per heavy atom. The Morgan fingerprint density at radius 3 is 2.38 bits per heavy atom. The van der Waals surface area contributed by atoms with Gasteiger partial charge in [0.25, 0.3) is 0 Å². The van der Waals surface area contributed by atoms with Gasteiger partial charge >= 0.3 is 0 Å². The summed E-state index contributed by atoms with van der Waals surface area (Å²) in [5.74, 6) is 0.570. The Bertz CT molecular complexity index is 420. The lowest BCUT2D eigenvalue weighted by atomic mass is 9.88. The first-order valence-electron chi connectivity index (χ1n) is 8.12. The minimum atomic E-state index is 0.324. The molecule has 4 unspecified atom stereocenters. The molecule has 2 rings (SSSR count). The maximum atomic E-state index is 5.77. The van der Waals surface area contributed by atoms with Crippen molar-refractivity contribution in [2.45, 2.75) is 51.4 Å². The van der Waals surface area contributed by atoms with Gasteiger partial charge in [-0.1, -0.05) is 44.2 Å². The van der Waals surface area contributed by atoms with Crippen LogP contribution in [-0.4, -0.2) is 43.8 Å². The minimum Gasteiger partial charge on any atom is -0.377 e. The number of nitrogens with zero attached hydrogens (tertiary/aromatic N) is 1. The van der Waals surface area contributed by atoms with Gasteiger partial charge in [-0.05, 0) is 38.9 Å². The smallest absolute Gasteiger partial charge is 0.0703 e. The molecule has 0 bridgehead atoms. The maximum absolute atomic E-state index is 5.77. The quantitative estimate of drug-likeness (QED) is 0.871. The summed E-state index contributed by atoms with van der Waals surface area (Å²) in [7, 11) is 4.32. The van der Waals surface area contributed by atoms with Crippen LogP contribution in [-0.2, 0) is 4.74 Å². The highest BCUT2D eigenvalue weighted by Crippen LogP contribution is 2.30. The van der Waals surface area contributed by atoms with Gasteiger partial charge in [-0.3, -0.25) is 4.90 Å². The molecular formula is C18H30N2O. The molecule has 0 amide bonds. The van der Waals surface area contributed by atoms with Crippen molar-refractivity contribution >= 4 is 0 Å². The van der Waals surface area contributed by atoms with E-state index in [0.717, 1.165) is 13.0 Å². The molecule has 1 fully saturated rings. The number of rotatable bonds is 6. The molecule has 1 aromatic rings. The number of hydrogen-bond acceptors (Lipinski definition) is 3.